The summed E-state index contributed by atoms with van der Waals surface area (Å²) < 4.78 is 25.4. The monoisotopic (exact) mass is 443 g/mol. The standard InChI is InChI=1S/C20H18FN5O2S2/c1-27-16-5-3-4-15(17(16)28-2)19-23-14(10-29-19)11-30-20-25-24-18(26(20)22)12-6-8-13(21)9-7-12/h3-10H,11,22H2,1-2H3. The van der Waals surface area contributed by atoms with Crippen LogP contribution in [0.2, 0.25) is 0 Å². The van der Waals surface area contributed by atoms with Gasteiger partial charge in [-0.3, -0.25) is 0 Å². The van der Waals surface area contributed by atoms with Gasteiger partial charge in [-0.2, -0.15) is 0 Å². The lowest BCUT2D eigenvalue weighted by Crippen LogP contribution is -2.11. The van der Waals surface area contributed by atoms with Crippen molar-refractivity contribution >= 4 is 23.1 Å². The van der Waals surface area contributed by atoms with Crippen molar-refractivity contribution in [3.05, 3.63) is 59.4 Å². The van der Waals surface area contributed by atoms with Crippen LogP contribution in [0, 0.1) is 5.82 Å². The Balaban J connectivity index is 1.50. The normalized spacial score (nSPS) is 10.9. The van der Waals surface area contributed by atoms with Crippen molar-refractivity contribution in [2.75, 3.05) is 20.1 Å². The second-order valence-corrected chi connectivity index (χ2v) is 7.96. The number of hydrogen-bond acceptors (Lipinski definition) is 8. The smallest absolute Gasteiger partial charge is 0.210 e. The molecule has 2 aromatic heterocycles. The number of rotatable bonds is 7. The highest BCUT2D eigenvalue weighted by atomic mass is 32.2. The molecule has 7 nitrogen and oxygen atoms in total. The van der Waals surface area contributed by atoms with Crippen LogP contribution in [0.15, 0.2) is 53.0 Å². The number of thiazole rings is 1. The molecule has 10 heteroatoms. The van der Waals surface area contributed by atoms with Crippen molar-refractivity contribution in [3.63, 3.8) is 0 Å². The van der Waals surface area contributed by atoms with E-state index in [1.807, 2.05) is 23.6 Å². The topological polar surface area (TPSA) is 88.1 Å². The Morgan fingerprint density at radius 3 is 2.63 bits per heavy atom. The van der Waals surface area contributed by atoms with Gasteiger partial charge in [0.25, 0.3) is 0 Å². The first kappa shape index (κ1) is 20.2. The third-order valence-electron chi connectivity index (χ3n) is 4.30. The number of thioether (sulfide) groups is 1. The van der Waals surface area contributed by atoms with Gasteiger partial charge >= 0.3 is 0 Å². The van der Waals surface area contributed by atoms with Crippen molar-refractivity contribution in [1.29, 1.82) is 0 Å². The zero-order valence-corrected chi connectivity index (χ0v) is 17.8. The predicted octanol–water partition coefficient (Wildman–Crippen LogP) is 4.23. The highest BCUT2D eigenvalue weighted by Crippen LogP contribution is 2.39. The van der Waals surface area contributed by atoms with Crippen LogP contribution in [0.1, 0.15) is 5.69 Å². The van der Waals surface area contributed by atoms with Crippen molar-refractivity contribution in [3.8, 4) is 33.5 Å². The molecule has 30 heavy (non-hydrogen) atoms. The Kier molecular flexibility index (Phi) is 5.86. The minimum Gasteiger partial charge on any atom is -0.493 e. The van der Waals surface area contributed by atoms with Gasteiger partial charge in [0, 0.05) is 16.7 Å². The molecule has 2 N–H and O–H groups in total. The van der Waals surface area contributed by atoms with Crippen LogP contribution in [0.4, 0.5) is 4.39 Å². The highest BCUT2D eigenvalue weighted by molar-refractivity contribution is 7.98. The van der Waals surface area contributed by atoms with Crippen molar-refractivity contribution in [2.24, 2.45) is 0 Å². The molecule has 0 amide bonds. The van der Waals surface area contributed by atoms with E-state index in [2.05, 4.69) is 10.2 Å². The maximum Gasteiger partial charge on any atom is 0.210 e. The number of nitrogens with zero attached hydrogens (tertiary/aromatic N) is 4. The molecular formula is C20H18FN5O2S2. The van der Waals surface area contributed by atoms with E-state index >= 15 is 0 Å². The second-order valence-electron chi connectivity index (χ2n) is 6.16. The zero-order valence-electron chi connectivity index (χ0n) is 16.2. The fourth-order valence-electron chi connectivity index (χ4n) is 2.86. The van der Waals surface area contributed by atoms with Gasteiger partial charge in [0.1, 0.15) is 10.8 Å². The van der Waals surface area contributed by atoms with E-state index in [0.29, 0.717) is 33.8 Å². The van der Waals surface area contributed by atoms with Gasteiger partial charge < -0.3 is 15.3 Å². The Hall–Kier alpha value is -3.11. The molecule has 0 saturated heterocycles. The number of benzene rings is 2. The molecule has 0 bridgehead atoms. The highest BCUT2D eigenvalue weighted by Gasteiger charge is 2.16. The van der Waals surface area contributed by atoms with Crippen LogP contribution >= 0.6 is 23.1 Å². The average molecular weight is 444 g/mol. The van der Waals surface area contributed by atoms with E-state index in [4.69, 9.17) is 20.3 Å². The number of hydrogen-bond donors (Lipinski definition) is 1. The number of nitrogens with two attached hydrogens (primary N) is 1. The second kappa shape index (κ2) is 8.72. The third-order valence-corrected chi connectivity index (χ3v) is 6.20. The molecule has 2 heterocycles. The molecule has 0 spiro atoms. The first-order valence-corrected chi connectivity index (χ1v) is 10.7. The van der Waals surface area contributed by atoms with Crippen LogP contribution < -0.4 is 15.3 Å². The van der Waals surface area contributed by atoms with E-state index in [9.17, 15) is 4.39 Å². The SMILES string of the molecule is COc1cccc(-c2nc(CSc3nnc(-c4ccc(F)cc4)n3N)cs2)c1OC. The first-order valence-electron chi connectivity index (χ1n) is 8.85. The number of ether oxygens (including phenoxy) is 2. The Morgan fingerprint density at radius 2 is 1.90 bits per heavy atom. The number of halogens is 1. The molecule has 0 aliphatic heterocycles. The van der Waals surface area contributed by atoms with Gasteiger partial charge in [-0.05, 0) is 36.4 Å². The van der Waals surface area contributed by atoms with Crippen LogP contribution in [-0.2, 0) is 5.75 Å². The lowest BCUT2D eigenvalue weighted by molar-refractivity contribution is 0.356. The molecule has 2 aromatic carbocycles. The van der Waals surface area contributed by atoms with E-state index < -0.39 is 0 Å². The number of methoxy groups -OCH3 is 2. The van der Waals surface area contributed by atoms with Crippen LogP contribution in [0.25, 0.3) is 22.0 Å². The molecule has 4 rings (SSSR count). The van der Waals surface area contributed by atoms with Crippen molar-refractivity contribution < 1.29 is 13.9 Å². The fraction of sp³-hybridized carbons (Fsp3) is 0.150. The average Bonchev–Trinajstić information content (AvgIpc) is 3.39. The van der Waals surface area contributed by atoms with E-state index in [-0.39, 0.29) is 5.82 Å². The lowest BCUT2D eigenvalue weighted by Gasteiger charge is -2.10. The van der Waals surface area contributed by atoms with Gasteiger partial charge in [0.05, 0.1) is 25.5 Å². The Morgan fingerprint density at radius 1 is 1.10 bits per heavy atom. The van der Waals surface area contributed by atoms with Gasteiger partial charge in [0.2, 0.25) is 5.16 Å². The summed E-state index contributed by atoms with van der Waals surface area (Å²) in [5, 5.41) is 11.6. The third kappa shape index (κ3) is 3.96. The predicted molar refractivity (Wildman–Crippen MR) is 116 cm³/mol. The number of para-hydroxylation sites is 1. The molecule has 0 aliphatic carbocycles. The van der Waals surface area contributed by atoms with Crippen molar-refractivity contribution in [2.45, 2.75) is 10.9 Å². The largest absolute Gasteiger partial charge is 0.493 e. The summed E-state index contributed by atoms with van der Waals surface area (Å²) in [6.45, 7) is 0. The molecular weight excluding hydrogens is 425 g/mol. The van der Waals surface area contributed by atoms with E-state index in [0.717, 1.165) is 16.3 Å². The van der Waals surface area contributed by atoms with Crippen LogP contribution in [-0.4, -0.2) is 34.1 Å². The Bertz CT molecular complexity index is 1160. The molecule has 4 aromatic rings. The van der Waals surface area contributed by atoms with E-state index in [1.165, 1.54) is 39.9 Å². The molecule has 0 saturated carbocycles. The van der Waals surface area contributed by atoms with Gasteiger partial charge in [0.15, 0.2) is 17.3 Å². The molecule has 0 radical (unpaired) electrons. The Labute approximate surface area is 180 Å². The summed E-state index contributed by atoms with van der Waals surface area (Å²) in [5.41, 5.74) is 2.45. The van der Waals surface area contributed by atoms with Gasteiger partial charge in [-0.25, -0.2) is 14.1 Å². The molecule has 0 aliphatic rings. The van der Waals surface area contributed by atoms with Crippen LogP contribution in [0.5, 0.6) is 11.5 Å². The lowest BCUT2D eigenvalue weighted by atomic mass is 10.2. The maximum atomic E-state index is 13.1. The van der Waals surface area contributed by atoms with Gasteiger partial charge in [-0.1, -0.05) is 17.8 Å². The number of aromatic nitrogens is 4. The summed E-state index contributed by atoms with van der Waals surface area (Å²) >= 11 is 2.95. The molecule has 154 valence electrons. The summed E-state index contributed by atoms with van der Waals surface area (Å²) in [6, 6.07) is 11.7. The number of nitrogen functional groups attached to an aromatic ring is 1. The summed E-state index contributed by atoms with van der Waals surface area (Å²) in [4.78, 5) is 4.71. The fourth-order valence-corrected chi connectivity index (χ4v) is 4.56. The van der Waals surface area contributed by atoms with Gasteiger partial charge in [-0.15, -0.1) is 21.5 Å². The summed E-state index contributed by atoms with van der Waals surface area (Å²) in [6.07, 6.45) is 0. The zero-order chi connectivity index (χ0) is 21.1. The quantitative estimate of drug-likeness (QED) is 0.338. The first-order chi connectivity index (χ1) is 14.6. The minimum atomic E-state index is -0.316. The summed E-state index contributed by atoms with van der Waals surface area (Å²) in [7, 11) is 3.22. The molecule has 0 fully saturated rings. The minimum absolute atomic E-state index is 0.316. The van der Waals surface area contributed by atoms with Crippen molar-refractivity contribution in [1.82, 2.24) is 19.9 Å². The molecule has 0 atom stereocenters. The summed E-state index contributed by atoms with van der Waals surface area (Å²) in [5.74, 6) is 8.17. The van der Waals surface area contributed by atoms with E-state index in [1.54, 1.807) is 26.4 Å². The molecule has 0 unspecified atom stereocenters. The van der Waals surface area contributed by atoms with Crippen LogP contribution in [0.3, 0.4) is 0 Å². The maximum absolute atomic E-state index is 13.1.